The Morgan fingerprint density at radius 2 is 1.80 bits per heavy atom. The van der Waals surface area contributed by atoms with Crippen LogP contribution in [0.25, 0.3) is 0 Å². The Morgan fingerprint density at radius 3 is 2.07 bits per heavy atom. The fraction of sp³-hybridized carbons (Fsp3) is 0.875. The summed E-state index contributed by atoms with van der Waals surface area (Å²) in [5, 5.41) is 35.8. The summed E-state index contributed by atoms with van der Waals surface area (Å²) in [7, 11) is 0. The lowest BCUT2D eigenvalue weighted by Gasteiger charge is -2.32. The van der Waals surface area contributed by atoms with E-state index >= 15 is 0 Å². The summed E-state index contributed by atoms with van der Waals surface area (Å²) in [5.41, 5.74) is 3.49. The second kappa shape index (κ2) is 7.84. The molecule has 0 aromatic rings. The number of hydrogen-bond acceptors (Lipinski definition) is 5. The summed E-state index contributed by atoms with van der Waals surface area (Å²) in [4.78, 5) is 11.1. The lowest BCUT2D eigenvalue weighted by Crippen LogP contribution is -2.50. The van der Waals surface area contributed by atoms with Crippen LogP contribution in [0, 0.1) is 5.41 Å². The van der Waals surface area contributed by atoms with Crippen LogP contribution in [-0.2, 0) is 4.79 Å². The Balaban J connectivity index is 0. The van der Waals surface area contributed by atoms with E-state index in [1.807, 2.05) is 0 Å². The minimum absolute atomic E-state index is 0. The highest BCUT2D eigenvalue weighted by molar-refractivity contribution is 5.85. The van der Waals surface area contributed by atoms with Gasteiger partial charge >= 0.3 is 0 Å². The third-order valence-electron chi connectivity index (χ3n) is 2.37. The largest absolute Gasteiger partial charge is 0.396 e. The number of halogens is 1. The predicted molar refractivity (Wildman–Crippen MR) is 55.4 cm³/mol. The topological polar surface area (TPSA) is 124 Å². The van der Waals surface area contributed by atoms with Crippen LogP contribution in [-0.4, -0.2) is 52.3 Å². The van der Waals surface area contributed by atoms with Crippen LogP contribution >= 0.6 is 12.4 Å². The van der Waals surface area contributed by atoms with E-state index in [1.165, 1.54) is 0 Å². The molecule has 2 atom stereocenters. The number of nitrogens with two attached hydrogens (primary N) is 1. The molecule has 0 bridgehead atoms. The van der Waals surface area contributed by atoms with Crippen molar-refractivity contribution in [3.8, 4) is 0 Å². The average molecular weight is 244 g/mol. The van der Waals surface area contributed by atoms with Crippen molar-refractivity contribution in [3.63, 3.8) is 0 Å². The molecule has 0 heterocycles. The third-order valence-corrected chi connectivity index (χ3v) is 2.37. The van der Waals surface area contributed by atoms with E-state index in [1.54, 1.807) is 0 Å². The summed E-state index contributed by atoms with van der Waals surface area (Å²) >= 11 is 0. The molecule has 0 aliphatic heterocycles. The molecule has 15 heavy (non-hydrogen) atoms. The summed E-state index contributed by atoms with van der Waals surface area (Å²) in [6.45, 7) is -1.34. The second-order valence-electron chi connectivity index (χ2n) is 3.18. The molecule has 0 fully saturated rings. The molecule has 2 unspecified atom stereocenters. The normalized spacial score (nSPS) is 16.3. The van der Waals surface area contributed by atoms with Crippen molar-refractivity contribution in [2.45, 2.75) is 18.9 Å². The molecule has 92 valence electrons. The minimum Gasteiger partial charge on any atom is -0.396 e. The van der Waals surface area contributed by atoms with Crippen LogP contribution in [0.2, 0.25) is 0 Å². The lowest BCUT2D eigenvalue weighted by atomic mass is 9.78. The number of rotatable bonds is 7. The standard InChI is InChI=1S/C8H17NO5.ClH/c9-7(14)8(5-12,2-4-11)6(13)1-3-10;/h6,10-13H,1-5H2,(H2,9,14);1H. The van der Waals surface area contributed by atoms with Crippen molar-refractivity contribution in [2.24, 2.45) is 11.1 Å². The Hall–Kier alpha value is -0.400. The maximum atomic E-state index is 11.1. The van der Waals surface area contributed by atoms with Crippen LogP contribution in [0.5, 0.6) is 0 Å². The van der Waals surface area contributed by atoms with Crippen molar-refractivity contribution in [1.82, 2.24) is 0 Å². The second-order valence-corrected chi connectivity index (χ2v) is 3.18. The molecule has 7 heteroatoms. The van der Waals surface area contributed by atoms with E-state index in [2.05, 4.69) is 0 Å². The number of aliphatic hydroxyl groups is 4. The van der Waals surface area contributed by atoms with Crippen molar-refractivity contribution >= 4 is 18.3 Å². The SMILES string of the molecule is Cl.NC(=O)C(CO)(CCO)C(O)CCO. The van der Waals surface area contributed by atoms with E-state index in [9.17, 15) is 9.90 Å². The Morgan fingerprint density at radius 1 is 1.27 bits per heavy atom. The quantitative estimate of drug-likeness (QED) is 0.354. The predicted octanol–water partition coefficient (Wildman–Crippen LogP) is -2.00. The third kappa shape index (κ3) is 3.92. The van der Waals surface area contributed by atoms with Crippen molar-refractivity contribution in [1.29, 1.82) is 0 Å². The summed E-state index contributed by atoms with van der Waals surface area (Å²) in [5.74, 6) is -0.880. The van der Waals surface area contributed by atoms with Crippen molar-refractivity contribution in [3.05, 3.63) is 0 Å². The summed E-state index contributed by atoms with van der Waals surface area (Å²) in [6, 6.07) is 0. The fourth-order valence-corrected chi connectivity index (χ4v) is 1.31. The first-order valence-electron chi connectivity index (χ1n) is 4.35. The van der Waals surface area contributed by atoms with Gasteiger partial charge < -0.3 is 26.2 Å². The van der Waals surface area contributed by atoms with Crippen LogP contribution in [0.3, 0.4) is 0 Å². The number of carbonyl (C=O) groups excluding carboxylic acids is 1. The fourth-order valence-electron chi connectivity index (χ4n) is 1.31. The Bertz CT molecular complexity index is 192. The maximum Gasteiger partial charge on any atom is 0.228 e. The molecule has 0 aromatic carbocycles. The first-order valence-corrected chi connectivity index (χ1v) is 4.35. The Labute approximate surface area is 94.1 Å². The number of aliphatic hydroxyl groups excluding tert-OH is 4. The van der Waals surface area contributed by atoms with Gasteiger partial charge in [0.1, 0.15) is 0 Å². The zero-order valence-electron chi connectivity index (χ0n) is 8.30. The summed E-state index contributed by atoms with van der Waals surface area (Å²) in [6.07, 6.45) is -1.44. The maximum absolute atomic E-state index is 11.1. The van der Waals surface area contributed by atoms with Gasteiger partial charge in [0.25, 0.3) is 0 Å². The van der Waals surface area contributed by atoms with Crippen LogP contribution in [0.1, 0.15) is 12.8 Å². The Kier molecular flexibility index (Phi) is 8.89. The van der Waals surface area contributed by atoms with Gasteiger partial charge in [-0.3, -0.25) is 4.79 Å². The van der Waals surface area contributed by atoms with E-state index in [0.717, 1.165) is 0 Å². The number of hydrogen-bond donors (Lipinski definition) is 5. The van der Waals surface area contributed by atoms with Gasteiger partial charge in [0, 0.05) is 13.2 Å². The van der Waals surface area contributed by atoms with Gasteiger partial charge in [-0.1, -0.05) is 0 Å². The minimum atomic E-state index is -1.56. The van der Waals surface area contributed by atoms with Gasteiger partial charge in [-0.25, -0.2) is 0 Å². The molecule has 0 rings (SSSR count). The highest BCUT2D eigenvalue weighted by Crippen LogP contribution is 2.27. The van der Waals surface area contributed by atoms with E-state index < -0.39 is 24.0 Å². The molecular formula is C8H18ClNO5. The summed E-state index contributed by atoms with van der Waals surface area (Å²) < 4.78 is 0. The molecule has 1 amide bonds. The van der Waals surface area contributed by atoms with Gasteiger partial charge in [-0.15, -0.1) is 12.4 Å². The molecule has 0 saturated heterocycles. The zero-order valence-corrected chi connectivity index (χ0v) is 9.11. The van der Waals surface area contributed by atoms with Crippen molar-refractivity contribution in [2.75, 3.05) is 19.8 Å². The molecule has 0 aromatic heterocycles. The molecule has 0 aliphatic rings. The molecule has 6 nitrogen and oxygen atoms in total. The molecular weight excluding hydrogens is 226 g/mol. The average Bonchev–Trinajstić information content (AvgIpc) is 2.14. The van der Waals surface area contributed by atoms with Crippen LogP contribution < -0.4 is 5.73 Å². The highest BCUT2D eigenvalue weighted by atomic mass is 35.5. The van der Waals surface area contributed by atoms with Gasteiger partial charge in [-0.2, -0.15) is 0 Å². The molecule has 0 aliphatic carbocycles. The molecule has 0 radical (unpaired) electrons. The van der Waals surface area contributed by atoms with E-state index in [0.29, 0.717) is 0 Å². The van der Waals surface area contributed by atoms with Crippen LogP contribution in [0.15, 0.2) is 0 Å². The molecule has 6 N–H and O–H groups in total. The van der Waals surface area contributed by atoms with Gasteiger partial charge in [0.05, 0.1) is 18.1 Å². The molecule has 0 saturated carbocycles. The van der Waals surface area contributed by atoms with Gasteiger partial charge in [0.15, 0.2) is 0 Å². The number of amides is 1. The lowest BCUT2D eigenvalue weighted by molar-refractivity contribution is -0.141. The van der Waals surface area contributed by atoms with Crippen molar-refractivity contribution < 1.29 is 25.2 Å². The zero-order chi connectivity index (χ0) is 11.2. The number of primary amides is 1. The molecule has 0 spiro atoms. The van der Waals surface area contributed by atoms with Gasteiger partial charge in [0.2, 0.25) is 5.91 Å². The first kappa shape index (κ1) is 17.0. The highest BCUT2D eigenvalue weighted by Gasteiger charge is 2.42. The van der Waals surface area contributed by atoms with E-state index in [4.69, 9.17) is 21.1 Å². The smallest absolute Gasteiger partial charge is 0.228 e. The monoisotopic (exact) mass is 243 g/mol. The van der Waals surface area contributed by atoms with Gasteiger partial charge in [-0.05, 0) is 12.8 Å². The van der Waals surface area contributed by atoms with E-state index in [-0.39, 0.29) is 38.5 Å². The number of carbonyl (C=O) groups is 1. The first-order chi connectivity index (χ1) is 6.55. The van der Waals surface area contributed by atoms with Crippen LogP contribution in [0.4, 0.5) is 0 Å².